The number of ether oxygens (including phenoxy) is 2. The molecule has 5 nitrogen and oxygen atoms in total. The first-order valence-electron chi connectivity index (χ1n) is 7.89. The smallest absolute Gasteiger partial charge is 0.264 e. The molecule has 1 aliphatic rings. The molecule has 0 saturated carbocycles. The van der Waals surface area contributed by atoms with Crippen molar-refractivity contribution in [2.45, 2.75) is 6.92 Å². The molecule has 0 aliphatic carbocycles. The molecule has 2 aromatic carbocycles. The summed E-state index contributed by atoms with van der Waals surface area (Å²) in [5, 5.41) is 3.92. The van der Waals surface area contributed by atoms with E-state index in [1.165, 1.54) is 11.8 Å². The molecule has 1 amide bonds. The van der Waals surface area contributed by atoms with E-state index in [2.05, 4.69) is 26.2 Å². The summed E-state index contributed by atoms with van der Waals surface area (Å²) in [6.45, 7) is 1.89. The monoisotopic (exact) mass is 466 g/mol. The number of nitrogens with one attached hydrogen (secondary N) is 1. The second kappa shape index (κ2) is 8.37. The Balaban J connectivity index is 1.93. The van der Waals surface area contributed by atoms with E-state index in [-0.39, 0.29) is 5.91 Å². The first-order valence-corrected chi connectivity index (χ1v) is 9.88. The Bertz CT molecular complexity index is 976. The molecule has 0 aromatic heterocycles. The Kier molecular flexibility index (Phi) is 6.14. The second-order valence-corrected chi connectivity index (χ2v) is 7.89. The van der Waals surface area contributed by atoms with Gasteiger partial charge in [-0.05, 0) is 64.5 Å². The second-order valence-electron chi connectivity index (χ2n) is 5.59. The summed E-state index contributed by atoms with van der Waals surface area (Å²) in [6.07, 6.45) is 1.76. The lowest BCUT2D eigenvalue weighted by atomic mass is 10.1. The summed E-state index contributed by atoms with van der Waals surface area (Å²) >= 11 is 10.8. The molecule has 27 heavy (non-hydrogen) atoms. The van der Waals surface area contributed by atoms with Crippen LogP contribution in [0.5, 0.6) is 11.5 Å². The quantitative estimate of drug-likeness (QED) is 0.618. The zero-order valence-corrected chi connectivity index (χ0v) is 18.0. The fourth-order valence-electron chi connectivity index (χ4n) is 2.44. The van der Waals surface area contributed by atoms with Gasteiger partial charge < -0.3 is 14.8 Å². The standard InChI is InChI=1S/C19H16BrClN2O3S/c1-10-13(21)5-4-6-14(10)22-19-23-18(24)17(27-19)8-11-7-12(20)16(26-3)9-15(11)25-2/h4-9H,1-3H3,(H,22,23,24)/b17-8+. The van der Waals surface area contributed by atoms with E-state index in [1.807, 2.05) is 25.1 Å². The fraction of sp³-hybridized carbons (Fsp3) is 0.158. The highest BCUT2D eigenvalue weighted by molar-refractivity contribution is 9.10. The molecular weight excluding hydrogens is 452 g/mol. The van der Waals surface area contributed by atoms with Gasteiger partial charge in [-0.2, -0.15) is 0 Å². The van der Waals surface area contributed by atoms with Crippen LogP contribution in [0.4, 0.5) is 5.69 Å². The highest BCUT2D eigenvalue weighted by Crippen LogP contribution is 2.36. The zero-order valence-electron chi connectivity index (χ0n) is 14.8. The number of amidine groups is 1. The predicted molar refractivity (Wildman–Crippen MR) is 114 cm³/mol. The summed E-state index contributed by atoms with van der Waals surface area (Å²) in [5.74, 6) is 1.04. The van der Waals surface area contributed by atoms with Gasteiger partial charge in [0.2, 0.25) is 0 Å². The Morgan fingerprint density at radius 1 is 1.22 bits per heavy atom. The Morgan fingerprint density at radius 2 is 1.96 bits per heavy atom. The minimum Gasteiger partial charge on any atom is -0.496 e. The minimum absolute atomic E-state index is 0.215. The number of carbonyl (C=O) groups is 1. The number of thioether (sulfide) groups is 1. The van der Waals surface area contributed by atoms with Gasteiger partial charge in [-0.1, -0.05) is 17.7 Å². The Morgan fingerprint density at radius 3 is 2.67 bits per heavy atom. The van der Waals surface area contributed by atoms with Gasteiger partial charge in [0.1, 0.15) is 11.5 Å². The predicted octanol–water partition coefficient (Wildman–Crippen LogP) is 5.32. The van der Waals surface area contributed by atoms with Gasteiger partial charge in [0.25, 0.3) is 5.91 Å². The van der Waals surface area contributed by atoms with Crippen LogP contribution < -0.4 is 14.8 Å². The normalized spacial score (nSPS) is 16.7. The van der Waals surface area contributed by atoms with Crippen LogP contribution in [0.25, 0.3) is 6.08 Å². The third-order valence-corrected chi connectivity index (χ3v) is 5.84. The van der Waals surface area contributed by atoms with Crippen LogP contribution >= 0.6 is 39.3 Å². The summed E-state index contributed by atoms with van der Waals surface area (Å²) in [6, 6.07) is 9.09. The van der Waals surface area contributed by atoms with Crippen LogP contribution in [0.2, 0.25) is 5.02 Å². The van der Waals surface area contributed by atoms with Gasteiger partial charge in [0, 0.05) is 16.7 Å². The molecule has 140 valence electrons. The van der Waals surface area contributed by atoms with Crippen molar-refractivity contribution in [3.8, 4) is 11.5 Å². The molecule has 8 heteroatoms. The van der Waals surface area contributed by atoms with Crippen molar-refractivity contribution < 1.29 is 14.3 Å². The zero-order chi connectivity index (χ0) is 19.6. The number of aliphatic imine (C=N–C) groups is 1. The van der Waals surface area contributed by atoms with Gasteiger partial charge in [-0.25, -0.2) is 4.99 Å². The maximum absolute atomic E-state index is 12.4. The van der Waals surface area contributed by atoms with Crippen molar-refractivity contribution in [1.29, 1.82) is 0 Å². The summed E-state index contributed by atoms with van der Waals surface area (Å²) in [4.78, 5) is 17.4. The van der Waals surface area contributed by atoms with Crippen molar-refractivity contribution in [1.82, 2.24) is 5.32 Å². The van der Waals surface area contributed by atoms with Crippen LogP contribution in [-0.2, 0) is 4.79 Å². The molecule has 1 fully saturated rings. The number of methoxy groups -OCH3 is 2. The lowest BCUT2D eigenvalue weighted by Gasteiger charge is -2.10. The third kappa shape index (κ3) is 4.31. The molecule has 0 atom stereocenters. The van der Waals surface area contributed by atoms with Crippen LogP contribution in [0.15, 0.2) is 44.7 Å². The molecule has 1 N–H and O–H groups in total. The molecule has 0 radical (unpaired) electrons. The van der Waals surface area contributed by atoms with E-state index in [0.29, 0.717) is 26.6 Å². The van der Waals surface area contributed by atoms with E-state index in [9.17, 15) is 4.79 Å². The molecule has 0 bridgehead atoms. The van der Waals surface area contributed by atoms with E-state index in [4.69, 9.17) is 21.1 Å². The van der Waals surface area contributed by atoms with Crippen LogP contribution in [0.1, 0.15) is 11.1 Å². The van der Waals surface area contributed by atoms with E-state index in [0.717, 1.165) is 21.3 Å². The average molecular weight is 468 g/mol. The number of benzene rings is 2. The van der Waals surface area contributed by atoms with Crippen LogP contribution in [-0.4, -0.2) is 25.3 Å². The summed E-state index contributed by atoms with van der Waals surface area (Å²) in [7, 11) is 3.15. The molecule has 0 unspecified atom stereocenters. The largest absolute Gasteiger partial charge is 0.496 e. The van der Waals surface area contributed by atoms with E-state index >= 15 is 0 Å². The van der Waals surface area contributed by atoms with Crippen molar-refractivity contribution >= 4 is 62.1 Å². The first kappa shape index (κ1) is 19.8. The maximum Gasteiger partial charge on any atom is 0.264 e. The third-order valence-electron chi connectivity index (χ3n) is 3.90. The number of carbonyl (C=O) groups excluding carboxylic acids is 1. The number of rotatable bonds is 4. The number of halogens is 2. The topological polar surface area (TPSA) is 59.9 Å². The Labute approximate surface area is 174 Å². The van der Waals surface area contributed by atoms with E-state index in [1.54, 1.807) is 32.4 Å². The van der Waals surface area contributed by atoms with Crippen LogP contribution in [0, 0.1) is 6.92 Å². The highest BCUT2D eigenvalue weighted by Gasteiger charge is 2.25. The number of nitrogens with zero attached hydrogens (tertiary/aromatic N) is 1. The molecule has 3 rings (SSSR count). The summed E-state index contributed by atoms with van der Waals surface area (Å²) in [5.41, 5.74) is 2.33. The maximum atomic E-state index is 12.4. The lowest BCUT2D eigenvalue weighted by molar-refractivity contribution is -0.115. The van der Waals surface area contributed by atoms with Crippen LogP contribution in [0.3, 0.4) is 0 Å². The Hall–Kier alpha value is -1.96. The minimum atomic E-state index is -0.215. The summed E-state index contributed by atoms with van der Waals surface area (Å²) < 4.78 is 11.5. The van der Waals surface area contributed by atoms with Crippen molar-refractivity contribution in [2.24, 2.45) is 4.99 Å². The van der Waals surface area contributed by atoms with Crippen molar-refractivity contribution in [2.75, 3.05) is 14.2 Å². The number of hydrogen-bond acceptors (Lipinski definition) is 5. The van der Waals surface area contributed by atoms with E-state index < -0.39 is 0 Å². The molecule has 1 heterocycles. The van der Waals surface area contributed by atoms with Gasteiger partial charge in [0.15, 0.2) is 5.17 Å². The molecule has 1 aliphatic heterocycles. The first-order chi connectivity index (χ1) is 12.9. The average Bonchev–Trinajstić information content (AvgIpc) is 2.98. The molecule has 1 saturated heterocycles. The van der Waals surface area contributed by atoms with Crippen molar-refractivity contribution in [3.05, 3.63) is 55.9 Å². The fourth-order valence-corrected chi connectivity index (χ4v) is 3.96. The lowest BCUT2D eigenvalue weighted by Crippen LogP contribution is -2.19. The van der Waals surface area contributed by atoms with Gasteiger partial charge in [0.05, 0.1) is 29.3 Å². The number of hydrogen-bond donors (Lipinski definition) is 1. The molecule has 0 spiro atoms. The van der Waals surface area contributed by atoms with Crippen molar-refractivity contribution in [3.63, 3.8) is 0 Å². The SMILES string of the molecule is COc1cc(OC)c(/C=C2/SC(=Nc3cccc(Cl)c3C)NC2=O)cc1Br. The van der Waals surface area contributed by atoms with Gasteiger partial charge >= 0.3 is 0 Å². The molecule has 2 aromatic rings. The van der Waals surface area contributed by atoms with Gasteiger partial charge in [-0.3, -0.25) is 4.79 Å². The number of amides is 1. The van der Waals surface area contributed by atoms with Gasteiger partial charge in [-0.15, -0.1) is 0 Å². The molecular formula is C19H16BrClN2O3S. The highest BCUT2D eigenvalue weighted by atomic mass is 79.9.